The summed E-state index contributed by atoms with van der Waals surface area (Å²) in [5, 5.41) is 37.4. The topological polar surface area (TPSA) is 90.2 Å². The monoisotopic (exact) mass is 206 g/mol. The molecule has 4 N–H and O–H groups in total. The van der Waals surface area contributed by atoms with Crippen LogP contribution in [0.4, 0.5) is 0 Å². The van der Waals surface area contributed by atoms with Crippen molar-refractivity contribution >= 4 is 0 Å². The molecule has 0 radical (unpaired) electrons. The molecule has 1 fully saturated rings. The molecule has 14 heavy (non-hydrogen) atoms. The van der Waals surface area contributed by atoms with Gasteiger partial charge in [-0.3, -0.25) is 0 Å². The highest BCUT2D eigenvalue weighted by Crippen LogP contribution is 2.25. The average Bonchev–Trinajstić information content (AvgIpc) is 2.14. The minimum atomic E-state index is -1.26. The lowest BCUT2D eigenvalue weighted by Crippen LogP contribution is -2.59. The van der Waals surface area contributed by atoms with Crippen molar-refractivity contribution in [1.82, 2.24) is 0 Å². The summed E-state index contributed by atoms with van der Waals surface area (Å²) in [6, 6.07) is 0. The van der Waals surface area contributed by atoms with Crippen LogP contribution in [0.15, 0.2) is 0 Å². The van der Waals surface area contributed by atoms with E-state index in [2.05, 4.69) is 0 Å². The minimum Gasteiger partial charge on any atom is -0.394 e. The first-order valence-electron chi connectivity index (χ1n) is 4.79. The lowest BCUT2D eigenvalue weighted by atomic mass is 9.90. The van der Waals surface area contributed by atoms with Crippen molar-refractivity contribution in [3.05, 3.63) is 0 Å². The predicted octanol–water partition coefficient (Wildman–Crippen LogP) is -1.52. The Hall–Kier alpha value is -0.200. The number of rotatable bonds is 2. The number of ether oxygens (including phenoxy) is 1. The maximum absolute atomic E-state index is 9.57. The lowest BCUT2D eigenvalue weighted by molar-refractivity contribution is -0.238. The molecule has 0 saturated carbocycles. The van der Waals surface area contributed by atoms with Gasteiger partial charge in [-0.1, -0.05) is 13.8 Å². The smallest absolute Gasteiger partial charge is 0.111 e. The summed E-state index contributed by atoms with van der Waals surface area (Å²) in [6.07, 6.45) is -4.96. The Morgan fingerprint density at radius 1 is 1.07 bits per heavy atom. The van der Waals surface area contributed by atoms with Gasteiger partial charge in [0.2, 0.25) is 0 Å². The van der Waals surface area contributed by atoms with Crippen molar-refractivity contribution in [2.24, 2.45) is 5.92 Å². The third-order valence-electron chi connectivity index (χ3n) is 2.59. The van der Waals surface area contributed by atoms with Crippen LogP contribution in [0.25, 0.3) is 0 Å². The second kappa shape index (κ2) is 4.55. The Kier molecular flexibility index (Phi) is 3.86. The normalized spacial score (nSPS) is 44.4. The van der Waals surface area contributed by atoms with Crippen molar-refractivity contribution in [1.29, 1.82) is 0 Å². The number of aliphatic hydroxyl groups is 4. The molecule has 0 aromatic heterocycles. The van der Waals surface area contributed by atoms with Crippen molar-refractivity contribution in [3.8, 4) is 0 Å². The van der Waals surface area contributed by atoms with Gasteiger partial charge in [0.1, 0.15) is 24.4 Å². The molecule has 0 amide bonds. The summed E-state index contributed by atoms with van der Waals surface area (Å²) in [4.78, 5) is 0. The van der Waals surface area contributed by atoms with Crippen molar-refractivity contribution in [2.75, 3.05) is 6.61 Å². The highest BCUT2D eigenvalue weighted by molar-refractivity contribution is 4.92. The molecule has 1 aliphatic rings. The molecule has 1 aliphatic heterocycles. The summed E-state index contributed by atoms with van der Waals surface area (Å²) < 4.78 is 5.28. The van der Waals surface area contributed by atoms with E-state index in [1.165, 1.54) is 0 Å². The van der Waals surface area contributed by atoms with Crippen LogP contribution in [0.1, 0.15) is 13.8 Å². The highest BCUT2D eigenvalue weighted by Gasteiger charge is 2.44. The van der Waals surface area contributed by atoms with Crippen molar-refractivity contribution in [2.45, 2.75) is 44.4 Å². The molecule has 84 valence electrons. The summed E-state index contributed by atoms with van der Waals surface area (Å²) in [6.45, 7) is 3.31. The zero-order chi connectivity index (χ0) is 10.9. The van der Waals surface area contributed by atoms with Crippen molar-refractivity contribution < 1.29 is 25.2 Å². The Balaban J connectivity index is 2.73. The van der Waals surface area contributed by atoms with Gasteiger partial charge in [-0.05, 0) is 5.92 Å². The van der Waals surface area contributed by atoms with Gasteiger partial charge >= 0.3 is 0 Å². The van der Waals surface area contributed by atoms with Crippen LogP contribution in [0.3, 0.4) is 0 Å². The molecule has 0 aromatic carbocycles. The molecule has 3 unspecified atom stereocenters. The van der Waals surface area contributed by atoms with E-state index in [1.54, 1.807) is 0 Å². The van der Waals surface area contributed by atoms with Gasteiger partial charge in [0, 0.05) is 0 Å². The molecular formula is C9H18O5. The average molecular weight is 206 g/mol. The van der Waals surface area contributed by atoms with Crippen LogP contribution in [-0.4, -0.2) is 57.6 Å². The molecule has 1 rings (SSSR count). The summed E-state index contributed by atoms with van der Waals surface area (Å²) in [5.74, 6) is 0.0150. The number of hydrogen-bond acceptors (Lipinski definition) is 5. The first kappa shape index (κ1) is 11.9. The zero-order valence-electron chi connectivity index (χ0n) is 8.37. The fraction of sp³-hybridized carbons (Fsp3) is 1.00. The molecule has 0 aromatic rings. The third kappa shape index (κ3) is 2.07. The fourth-order valence-corrected chi connectivity index (χ4v) is 1.68. The minimum absolute atomic E-state index is 0.0150. The van der Waals surface area contributed by atoms with Gasteiger partial charge in [-0.2, -0.15) is 0 Å². The van der Waals surface area contributed by atoms with Gasteiger partial charge in [-0.25, -0.2) is 0 Å². The lowest BCUT2D eigenvalue weighted by Gasteiger charge is -2.41. The third-order valence-corrected chi connectivity index (χ3v) is 2.59. The molecule has 0 spiro atoms. The van der Waals surface area contributed by atoms with Gasteiger partial charge in [0.15, 0.2) is 0 Å². The van der Waals surface area contributed by atoms with Crippen LogP contribution in [0, 0.1) is 5.92 Å². The Labute approximate surface area is 82.9 Å². The second-order valence-corrected chi connectivity index (χ2v) is 4.04. The van der Waals surface area contributed by atoms with E-state index in [1.807, 2.05) is 13.8 Å². The van der Waals surface area contributed by atoms with E-state index in [0.717, 1.165) is 0 Å². The van der Waals surface area contributed by atoms with Crippen LogP contribution < -0.4 is 0 Å². The highest BCUT2D eigenvalue weighted by atomic mass is 16.5. The first-order valence-corrected chi connectivity index (χ1v) is 4.79. The van der Waals surface area contributed by atoms with E-state index in [4.69, 9.17) is 9.84 Å². The molecule has 5 nitrogen and oxygen atoms in total. The summed E-state index contributed by atoms with van der Waals surface area (Å²) in [5.41, 5.74) is 0. The van der Waals surface area contributed by atoms with E-state index < -0.39 is 30.5 Å². The SMILES string of the molecule is CC(C)[C@@H]1OC(CO)[C@H](O)C(O)C1O. The van der Waals surface area contributed by atoms with E-state index >= 15 is 0 Å². The predicted molar refractivity (Wildman–Crippen MR) is 48.6 cm³/mol. The van der Waals surface area contributed by atoms with Gasteiger partial charge in [0.05, 0.1) is 12.7 Å². The second-order valence-electron chi connectivity index (χ2n) is 4.04. The van der Waals surface area contributed by atoms with Crippen LogP contribution >= 0.6 is 0 Å². The van der Waals surface area contributed by atoms with E-state index in [-0.39, 0.29) is 12.5 Å². The van der Waals surface area contributed by atoms with Crippen LogP contribution in [0.5, 0.6) is 0 Å². The number of hydrogen-bond donors (Lipinski definition) is 4. The zero-order valence-corrected chi connectivity index (χ0v) is 8.37. The molecular weight excluding hydrogens is 188 g/mol. The van der Waals surface area contributed by atoms with E-state index in [9.17, 15) is 15.3 Å². The Bertz CT molecular complexity index is 182. The standard InChI is InChI=1S/C9H18O5/c1-4(2)9-8(13)7(12)6(11)5(3-10)14-9/h4-13H,3H2,1-2H3/t5?,6-,7?,8?,9-/m0/s1. The maximum Gasteiger partial charge on any atom is 0.111 e. The molecule has 1 saturated heterocycles. The largest absolute Gasteiger partial charge is 0.394 e. The Morgan fingerprint density at radius 2 is 1.64 bits per heavy atom. The molecule has 0 aliphatic carbocycles. The molecule has 0 bridgehead atoms. The fourth-order valence-electron chi connectivity index (χ4n) is 1.68. The first-order chi connectivity index (χ1) is 6.49. The van der Waals surface area contributed by atoms with Crippen LogP contribution in [-0.2, 0) is 4.74 Å². The molecule has 1 heterocycles. The van der Waals surface area contributed by atoms with Gasteiger partial charge in [0.25, 0.3) is 0 Å². The van der Waals surface area contributed by atoms with E-state index in [0.29, 0.717) is 0 Å². The summed E-state index contributed by atoms with van der Waals surface area (Å²) in [7, 11) is 0. The number of aliphatic hydroxyl groups excluding tert-OH is 4. The Morgan fingerprint density at radius 3 is 2.07 bits per heavy atom. The van der Waals surface area contributed by atoms with Gasteiger partial charge < -0.3 is 25.2 Å². The maximum atomic E-state index is 9.57. The molecule has 5 atom stereocenters. The molecule has 5 heteroatoms. The quantitative estimate of drug-likeness (QED) is 0.441. The van der Waals surface area contributed by atoms with Crippen molar-refractivity contribution in [3.63, 3.8) is 0 Å². The summed E-state index contributed by atoms with van der Waals surface area (Å²) >= 11 is 0. The van der Waals surface area contributed by atoms with Crippen LogP contribution in [0.2, 0.25) is 0 Å². The van der Waals surface area contributed by atoms with Gasteiger partial charge in [-0.15, -0.1) is 0 Å².